The topological polar surface area (TPSA) is 23.6 Å². The number of likely N-dealkylation sites (N-methyl/N-ethyl adjacent to an activating group) is 2. The lowest BCUT2D eigenvalue weighted by Crippen LogP contribution is -2.38. The van der Waals surface area contributed by atoms with Crippen LogP contribution in [0.3, 0.4) is 0 Å². The Labute approximate surface area is 123 Å². The van der Waals surface area contributed by atoms with Gasteiger partial charge in [-0.15, -0.1) is 0 Å². The number of nitrogens with zero attached hydrogens (tertiary/aromatic N) is 2. The molecule has 1 atom stereocenters. The third kappa shape index (κ3) is 3.37. The molecule has 1 heterocycles. The van der Waals surface area contributed by atoms with Gasteiger partial charge in [-0.25, -0.2) is 0 Å². The number of rotatable bonds is 5. The van der Waals surface area contributed by atoms with Gasteiger partial charge in [0, 0.05) is 29.7 Å². The van der Waals surface area contributed by atoms with Crippen LogP contribution in [0.4, 0.5) is 5.69 Å². The van der Waals surface area contributed by atoms with Gasteiger partial charge in [0.2, 0.25) is 0 Å². The van der Waals surface area contributed by atoms with Gasteiger partial charge in [-0.3, -0.25) is 9.69 Å². The summed E-state index contributed by atoms with van der Waals surface area (Å²) in [6, 6.07) is 6.41. The maximum Gasteiger partial charge on any atom is 0.150 e. The fourth-order valence-corrected chi connectivity index (χ4v) is 3.54. The van der Waals surface area contributed by atoms with E-state index in [1.54, 1.807) is 0 Å². The highest BCUT2D eigenvalue weighted by Crippen LogP contribution is 2.28. The van der Waals surface area contributed by atoms with Crippen LogP contribution in [0.5, 0.6) is 0 Å². The van der Waals surface area contributed by atoms with Crippen LogP contribution in [0.2, 0.25) is 0 Å². The molecule has 1 saturated heterocycles. The Morgan fingerprint density at radius 3 is 2.95 bits per heavy atom. The number of carbonyl (C=O) groups is 1. The van der Waals surface area contributed by atoms with E-state index in [0.29, 0.717) is 11.6 Å². The highest BCUT2D eigenvalue weighted by Gasteiger charge is 2.24. The maximum atomic E-state index is 10.8. The molecule has 1 unspecified atom stereocenters. The van der Waals surface area contributed by atoms with Crippen molar-refractivity contribution in [2.75, 3.05) is 31.6 Å². The minimum Gasteiger partial charge on any atom is -0.372 e. The molecular weight excluding hydrogens is 304 g/mol. The first kappa shape index (κ1) is 14.5. The van der Waals surface area contributed by atoms with E-state index < -0.39 is 0 Å². The van der Waals surface area contributed by atoms with Gasteiger partial charge in [0.15, 0.2) is 0 Å². The smallest absolute Gasteiger partial charge is 0.150 e. The number of aldehydes is 1. The summed E-state index contributed by atoms with van der Waals surface area (Å²) in [5.74, 6) is 0. The van der Waals surface area contributed by atoms with Gasteiger partial charge < -0.3 is 4.90 Å². The number of carbonyl (C=O) groups excluding carboxylic acids is 1. The number of anilines is 1. The normalized spacial score (nSPS) is 19.6. The lowest BCUT2D eigenvalue weighted by molar-refractivity contribution is 0.112. The lowest BCUT2D eigenvalue weighted by Gasteiger charge is -2.29. The van der Waals surface area contributed by atoms with Crippen molar-refractivity contribution >= 4 is 27.9 Å². The number of benzene rings is 1. The van der Waals surface area contributed by atoms with Crippen molar-refractivity contribution in [1.29, 1.82) is 0 Å². The molecule has 0 radical (unpaired) electrons. The van der Waals surface area contributed by atoms with Gasteiger partial charge in [0.25, 0.3) is 0 Å². The summed E-state index contributed by atoms with van der Waals surface area (Å²) in [6.45, 7) is 5.62. The molecule has 0 amide bonds. The Bertz CT molecular complexity index is 450. The average molecular weight is 325 g/mol. The standard InChI is InChI=1S/C15H21BrN2O/c1-3-18-8-4-5-13(18)10-17(2)15-7-6-12(11-19)9-14(15)16/h6-7,9,11,13H,3-5,8,10H2,1-2H3. The molecule has 1 fully saturated rings. The molecule has 0 spiro atoms. The van der Waals surface area contributed by atoms with Crippen molar-refractivity contribution in [1.82, 2.24) is 4.90 Å². The second-order valence-electron chi connectivity index (χ2n) is 5.13. The highest BCUT2D eigenvalue weighted by atomic mass is 79.9. The summed E-state index contributed by atoms with van der Waals surface area (Å²) in [7, 11) is 2.12. The van der Waals surface area contributed by atoms with Crippen LogP contribution in [0.1, 0.15) is 30.1 Å². The summed E-state index contributed by atoms with van der Waals surface area (Å²) in [5.41, 5.74) is 1.86. The number of hydrogen-bond donors (Lipinski definition) is 0. The fourth-order valence-electron chi connectivity index (χ4n) is 2.84. The largest absolute Gasteiger partial charge is 0.372 e. The molecule has 1 aromatic carbocycles. The molecular formula is C15H21BrN2O. The Hall–Kier alpha value is -0.870. The minimum atomic E-state index is 0.646. The first-order chi connectivity index (χ1) is 9.15. The summed E-state index contributed by atoms with van der Waals surface area (Å²) in [5, 5.41) is 0. The lowest BCUT2D eigenvalue weighted by atomic mass is 10.1. The summed E-state index contributed by atoms with van der Waals surface area (Å²) >= 11 is 3.56. The van der Waals surface area contributed by atoms with Crippen LogP contribution >= 0.6 is 15.9 Å². The van der Waals surface area contributed by atoms with Gasteiger partial charge in [0.1, 0.15) is 6.29 Å². The number of halogens is 1. The zero-order valence-electron chi connectivity index (χ0n) is 11.6. The molecule has 4 heteroatoms. The molecule has 2 rings (SSSR count). The molecule has 3 nitrogen and oxygen atoms in total. The van der Waals surface area contributed by atoms with Gasteiger partial charge in [-0.05, 0) is 60.1 Å². The van der Waals surface area contributed by atoms with Crippen molar-refractivity contribution < 1.29 is 4.79 Å². The first-order valence-electron chi connectivity index (χ1n) is 6.85. The van der Waals surface area contributed by atoms with E-state index in [2.05, 4.69) is 39.7 Å². The third-order valence-electron chi connectivity index (χ3n) is 3.91. The van der Waals surface area contributed by atoms with Crippen molar-refractivity contribution in [3.63, 3.8) is 0 Å². The maximum absolute atomic E-state index is 10.8. The van der Waals surface area contributed by atoms with Crippen LogP contribution in [-0.4, -0.2) is 43.9 Å². The van der Waals surface area contributed by atoms with E-state index in [4.69, 9.17) is 0 Å². The molecule has 1 aliphatic rings. The second kappa shape index (κ2) is 6.53. The van der Waals surface area contributed by atoms with Crippen molar-refractivity contribution in [3.05, 3.63) is 28.2 Å². The molecule has 1 aliphatic heterocycles. The van der Waals surface area contributed by atoms with Crippen molar-refractivity contribution in [2.24, 2.45) is 0 Å². The van der Waals surface area contributed by atoms with Gasteiger partial charge in [0.05, 0.1) is 5.69 Å². The van der Waals surface area contributed by atoms with E-state index in [0.717, 1.165) is 29.5 Å². The van der Waals surface area contributed by atoms with E-state index in [1.807, 2.05) is 18.2 Å². The molecule has 104 valence electrons. The van der Waals surface area contributed by atoms with E-state index >= 15 is 0 Å². The molecule has 0 saturated carbocycles. The molecule has 1 aromatic rings. The van der Waals surface area contributed by atoms with E-state index in [1.165, 1.54) is 19.4 Å². The van der Waals surface area contributed by atoms with Crippen LogP contribution in [0.25, 0.3) is 0 Å². The quantitative estimate of drug-likeness (QED) is 0.777. The van der Waals surface area contributed by atoms with E-state index in [-0.39, 0.29) is 0 Å². The Morgan fingerprint density at radius 1 is 1.53 bits per heavy atom. The zero-order chi connectivity index (χ0) is 13.8. The van der Waals surface area contributed by atoms with Crippen LogP contribution in [0, 0.1) is 0 Å². The Morgan fingerprint density at radius 2 is 2.32 bits per heavy atom. The highest BCUT2D eigenvalue weighted by molar-refractivity contribution is 9.10. The number of likely N-dealkylation sites (tertiary alicyclic amines) is 1. The molecule has 0 aliphatic carbocycles. The van der Waals surface area contributed by atoms with Crippen molar-refractivity contribution in [3.8, 4) is 0 Å². The summed E-state index contributed by atoms with van der Waals surface area (Å²) < 4.78 is 0.987. The second-order valence-corrected chi connectivity index (χ2v) is 5.99. The van der Waals surface area contributed by atoms with Gasteiger partial charge in [-0.1, -0.05) is 6.92 Å². The van der Waals surface area contributed by atoms with Crippen molar-refractivity contribution in [2.45, 2.75) is 25.8 Å². The first-order valence-corrected chi connectivity index (χ1v) is 7.65. The minimum absolute atomic E-state index is 0.646. The monoisotopic (exact) mass is 324 g/mol. The van der Waals surface area contributed by atoms with Crippen LogP contribution in [0.15, 0.2) is 22.7 Å². The van der Waals surface area contributed by atoms with Gasteiger partial charge >= 0.3 is 0 Å². The molecule has 0 bridgehead atoms. The van der Waals surface area contributed by atoms with Gasteiger partial charge in [-0.2, -0.15) is 0 Å². The number of hydrogen-bond acceptors (Lipinski definition) is 3. The average Bonchev–Trinajstić information content (AvgIpc) is 2.85. The summed E-state index contributed by atoms with van der Waals surface area (Å²) in [6.07, 6.45) is 3.46. The SMILES string of the molecule is CCN1CCCC1CN(C)c1ccc(C=O)cc1Br. The zero-order valence-corrected chi connectivity index (χ0v) is 13.2. The van der Waals surface area contributed by atoms with Crippen LogP contribution < -0.4 is 4.90 Å². The van der Waals surface area contributed by atoms with Crippen LogP contribution in [-0.2, 0) is 0 Å². The predicted octanol–water partition coefficient (Wildman–Crippen LogP) is 3.18. The molecule has 0 N–H and O–H groups in total. The molecule has 19 heavy (non-hydrogen) atoms. The third-order valence-corrected chi connectivity index (χ3v) is 4.54. The molecule has 0 aromatic heterocycles. The predicted molar refractivity (Wildman–Crippen MR) is 83.1 cm³/mol. The fraction of sp³-hybridized carbons (Fsp3) is 0.533. The summed E-state index contributed by atoms with van der Waals surface area (Å²) in [4.78, 5) is 15.6. The van der Waals surface area contributed by atoms with E-state index in [9.17, 15) is 4.79 Å². The Balaban J connectivity index is 2.07. The Kier molecular flexibility index (Phi) is 4.99.